The zero-order valence-electron chi connectivity index (χ0n) is 10.8. The van der Waals surface area contributed by atoms with E-state index < -0.39 is 0 Å². The van der Waals surface area contributed by atoms with Gasteiger partial charge in [0.15, 0.2) is 0 Å². The Hall–Kier alpha value is -1.75. The van der Waals surface area contributed by atoms with E-state index in [4.69, 9.17) is 15.2 Å². The molecule has 0 fully saturated rings. The van der Waals surface area contributed by atoms with Crippen LogP contribution in [0.5, 0.6) is 11.5 Å². The Morgan fingerprint density at radius 1 is 0.950 bits per heavy atom. The van der Waals surface area contributed by atoms with Crippen LogP contribution in [0.15, 0.2) is 46.9 Å². The van der Waals surface area contributed by atoms with Crippen LogP contribution in [0.25, 0.3) is 0 Å². The van der Waals surface area contributed by atoms with Crippen LogP contribution >= 0.6 is 15.9 Å². The summed E-state index contributed by atoms with van der Waals surface area (Å²) in [7, 11) is 0. The molecule has 0 heterocycles. The van der Waals surface area contributed by atoms with Crippen molar-refractivity contribution < 1.29 is 13.9 Å². The first-order valence-corrected chi connectivity index (χ1v) is 7.00. The van der Waals surface area contributed by atoms with Gasteiger partial charge in [-0.25, -0.2) is 4.39 Å². The number of nitrogens with two attached hydrogens (primary N) is 1. The summed E-state index contributed by atoms with van der Waals surface area (Å²) in [6.07, 6.45) is 0.707. The molecule has 2 rings (SSSR count). The maximum atomic E-state index is 13.1. The van der Waals surface area contributed by atoms with E-state index in [0.717, 1.165) is 5.75 Å². The maximum Gasteiger partial charge on any atom is 0.128 e. The number of hydrogen-bond donors (Lipinski definition) is 1. The Morgan fingerprint density at radius 2 is 1.60 bits per heavy atom. The smallest absolute Gasteiger partial charge is 0.128 e. The van der Waals surface area contributed by atoms with E-state index in [2.05, 4.69) is 15.9 Å². The Balaban J connectivity index is 1.70. The van der Waals surface area contributed by atoms with Gasteiger partial charge in [0.1, 0.15) is 17.3 Å². The van der Waals surface area contributed by atoms with Gasteiger partial charge in [0, 0.05) is 22.6 Å². The summed E-state index contributed by atoms with van der Waals surface area (Å²) < 4.78 is 24.8. The number of halogens is 2. The lowest BCUT2D eigenvalue weighted by Gasteiger charge is -2.08. The number of anilines is 1. The Bertz CT molecular complexity index is 540. The van der Waals surface area contributed by atoms with Gasteiger partial charge in [0.25, 0.3) is 0 Å². The number of rotatable bonds is 6. The van der Waals surface area contributed by atoms with Crippen LogP contribution < -0.4 is 15.2 Å². The van der Waals surface area contributed by atoms with Crippen molar-refractivity contribution in [2.45, 2.75) is 6.42 Å². The monoisotopic (exact) mass is 339 g/mol. The van der Waals surface area contributed by atoms with Crippen LogP contribution in [0.3, 0.4) is 0 Å². The van der Waals surface area contributed by atoms with Gasteiger partial charge in [-0.05, 0) is 36.4 Å². The molecule has 0 saturated heterocycles. The normalized spacial score (nSPS) is 10.3. The molecule has 2 aromatic rings. The van der Waals surface area contributed by atoms with Crippen LogP contribution in [0.2, 0.25) is 0 Å². The minimum absolute atomic E-state index is 0.326. The van der Waals surface area contributed by atoms with Crippen LogP contribution in [0.4, 0.5) is 10.1 Å². The first kappa shape index (κ1) is 14.7. The van der Waals surface area contributed by atoms with Gasteiger partial charge < -0.3 is 15.2 Å². The topological polar surface area (TPSA) is 44.5 Å². The lowest BCUT2D eigenvalue weighted by Crippen LogP contribution is -2.05. The number of benzene rings is 2. The zero-order valence-corrected chi connectivity index (χ0v) is 12.4. The molecule has 3 nitrogen and oxygen atoms in total. The zero-order chi connectivity index (χ0) is 14.4. The fourth-order valence-corrected chi connectivity index (χ4v) is 2.06. The highest BCUT2D eigenvalue weighted by Crippen LogP contribution is 2.20. The molecule has 0 aromatic heterocycles. The van der Waals surface area contributed by atoms with Crippen LogP contribution in [0.1, 0.15) is 6.42 Å². The van der Waals surface area contributed by atoms with Crippen LogP contribution in [-0.2, 0) is 0 Å². The van der Waals surface area contributed by atoms with E-state index in [1.165, 1.54) is 12.1 Å². The van der Waals surface area contributed by atoms with Crippen molar-refractivity contribution in [3.63, 3.8) is 0 Å². The highest BCUT2D eigenvalue weighted by Gasteiger charge is 2.00. The summed E-state index contributed by atoms with van der Waals surface area (Å²) in [5, 5.41) is 0. The lowest BCUT2D eigenvalue weighted by molar-refractivity contribution is 0.247. The fraction of sp³-hybridized carbons (Fsp3) is 0.200. The van der Waals surface area contributed by atoms with Gasteiger partial charge in [-0.15, -0.1) is 0 Å². The molecule has 20 heavy (non-hydrogen) atoms. The molecule has 0 unspecified atom stereocenters. The summed E-state index contributed by atoms with van der Waals surface area (Å²) in [5.41, 5.74) is 6.29. The minimum atomic E-state index is -0.326. The SMILES string of the molecule is Nc1ccc(OCCCOc2cc(F)cc(Br)c2)cc1. The molecular weight excluding hydrogens is 325 g/mol. The average molecular weight is 340 g/mol. The van der Waals surface area contributed by atoms with E-state index in [-0.39, 0.29) is 5.82 Å². The summed E-state index contributed by atoms with van der Waals surface area (Å²) >= 11 is 3.22. The molecule has 2 aromatic carbocycles. The molecule has 0 bridgehead atoms. The molecule has 0 amide bonds. The number of hydrogen-bond acceptors (Lipinski definition) is 3. The Kier molecular flexibility index (Phi) is 5.24. The highest BCUT2D eigenvalue weighted by molar-refractivity contribution is 9.10. The van der Waals surface area contributed by atoms with E-state index in [1.54, 1.807) is 18.2 Å². The lowest BCUT2D eigenvalue weighted by atomic mass is 10.3. The molecular formula is C15H15BrFNO2. The standard InChI is InChI=1S/C15H15BrFNO2/c16-11-8-12(17)10-15(9-11)20-7-1-6-19-14-4-2-13(18)3-5-14/h2-5,8-10H,1,6-7,18H2. The minimum Gasteiger partial charge on any atom is -0.493 e. The Morgan fingerprint density at radius 3 is 2.25 bits per heavy atom. The van der Waals surface area contributed by atoms with Crippen LogP contribution in [-0.4, -0.2) is 13.2 Å². The van der Waals surface area contributed by atoms with Gasteiger partial charge in [-0.2, -0.15) is 0 Å². The molecule has 0 aliphatic rings. The second kappa shape index (κ2) is 7.14. The third-order valence-electron chi connectivity index (χ3n) is 2.54. The molecule has 0 atom stereocenters. The van der Waals surface area contributed by atoms with Crippen molar-refractivity contribution in [2.24, 2.45) is 0 Å². The number of ether oxygens (including phenoxy) is 2. The predicted octanol–water partition coefficient (Wildman–Crippen LogP) is 4.02. The van der Waals surface area contributed by atoms with Crippen molar-refractivity contribution in [2.75, 3.05) is 18.9 Å². The quantitative estimate of drug-likeness (QED) is 0.638. The molecule has 0 radical (unpaired) electrons. The van der Waals surface area contributed by atoms with Crippen molar-refractivity contribution in [3.8, 4) is 11.5 Å². The average Bonchev–Trinajstić information content (AvgIpc) is 2.39. The van der Waals surface area contributed by atoms with Gasteiger partial charge in [-0.3, -0.25) is 0 Å². The third kappa shape index (κ3) is 4.74. The third-order valence-corrected chi connectivity index (χ3v) is 3.00. The summed E-state index contributed by atoms with van der Waals surface area (Å²) in [6, 6.07) is 11.7. The Labute approximate surface area is 125 Å². The fourth-order valence-electron chi connectivity index (χ4n) is 1.61. The van der Waals surface area contributed by atoms with Gasteiger partial charge in [0.2, 0.25) is 0 Å². The summed E-state index contributed by atoms with van der Waals surface area (Å²) in [6.45, 7) is 0.991. The van der Waals surface area contributed by atoms with E-state index in [0.29, 0.717) is 35.5 Å². The molecule has 2 N–H and O–H groups in total. The highest BCUT2D eigenvalue weighted by atomic mass is 79.9. The van der Waals surface area contributed by atoms with E-state index >= 15 is 0 Å². The molecule has 0 spiro atoms. The largest absolute Gasteiger partial charge is 0.493 e. The molecule has 0 aliphatic carbocycles. The van der Waals surface area contributed by atoms with E-state index in [9.17, 15) is 4.39 Å². The second-order valence-electron chi connectivity index (χ2n) is 4.22. The van der Waals surface area contributed by atoms with Gasteiger partial charge >= 0.3 is 0 Å². The van der Waals surface area contributed by atoms with Crippen molar-refractivity contribution >= 4 is 21.6 Å². The summed E-state index contributed by atoms with van der Waals surface area (Å²) in [5.74, 6) is 0.949. The van der Waals surface area contributed by atoms with Gasteiger partial charge in [-0.1, -0.05) is 15.9 Å². The second-order valence-corrected chi connectivity index (χ2v) is 5.14. The van der Waals surface area contributed by atoms with E-state index in [1.807, 2.05) is 12.1 Å². The first-order chi connectivity index (χ1) is 9.63. The molecule has 0 saturated carbocycles. The van der Waals surface area contributed by atoms with Crippen molar-refractivity contribution in [1.29, 1.82) is 0 Å². The summed E-state index contributed by atoms with van der Waals surface area (Å²) in [4.78, 5) is 0. The molecule has 0 aliphatic heterocycles. The van der Waals surface area contributed by atoms with Gasteiger partial charge in [0.05, 0.1) is 13.2 Å². The first-order valence-electron chi connectivity index (χ1n) is 6.21. The van der Waals surface area contributed by atoms with Crippen LogP contribution in [0, 0.1) is 5.82 Å². The van der Waals surface area contributed by atoms with Crippen molar-refractivity contribution in [3.05, 3.63) is 52.8 Å². The predicted molar refractivity (Wildman–Crippen MR) is 80.6 cm³/mol. The maximum absolute atomic E-state index is 13.1. The molecule has 106 valence electrons. The molecule has 5 heteroatoms. The number of nitrogen functional groups attached to an aromatic ring is 1. The van der Waals surface area contributed by atoms with Crippen molar-refractivity contribution in [1.82, 2.24) is 0 Å².